The summed E-state index contributed by atoms with van der Waals surface area (Å²) in [6, 6.07) is 6.16. The molecule has 2 aliphatic rings. The van der Waals surface area contributed by atoms with E-state index in [2.05, 4.69) is 17.9 Å². The minimum Gasteiger partial charge on any atom is -0.504 e. The Labute approximate surface area is 172 Å². The van der Waals surface area contributed by atoms with E-state index in [-0.39, 0.29) is 18.2 Å². The van der Waals surface area contributed by atoms with Crippen LogP contribution in [0.15, 0.2) is 18.2 Å². The zero-order valence-corrected chi connectivity index (χ0v) is 17.7. The molecule has 0 unspecified atom stereocenters. The van der Waals surface area contributed by atoms with Crippen LogP contribution in [-0.2, 0) is 12.8 Å². The molecule has 28 heavy (non-hydrogen) atoms. The second kappa shape index (κ2) is 8.10. The number of aromatic hydroxyl groups is 1. The van der Waals surface area contributed by atoms with E-state index in [0.29, 0.717) is 17.5 Å². The van der Waals surface area contributed by atoms with E-state index in [0.717, 1.165) is 49.2 Å². The molecule has 0 saturated carbocycles. The van der Waals surface area contributed by atoms with Crippen LogP contribution < -0.4 is 14.2 Å². The van der Waals surface area contributed by atoms with Gasteiger partial charge in [-0.25, -0.2) is 0 Å². The molecular weight excluding hydrogens is 378 g/mol. The molecule has 0 amide bonds. The molecule has 152 valence electrons. The molecule has 0 fully saturated rings. The highest BCUT2D eigenvalue weighted by Crippen LogP contribution is 2.56. The number of methoxy groups -OCH3 is 3. The van der Waals surface area contributed by atoms with Crippen molar-refractivity contribution in [1.82, 2.24) is 4.90 Å². The fourth-order valence-electron chi connectivity index (χ4n) is 4.76. The fraction of sp³-hybridized carbons (Fsp3) is 0.455. The smallest absolute Gasteiger partial charge is 0.169 e. The van der Waals surface area contributed by atoms with Crippen molar-refractivity contribution >= 4 is 12.4 Å². The van der Waals surface area contributed by atoms with E-state index in [1.807, 2.05) is 6.07 Å². The summed E-state index contributed by atoms with van der Waals surface area (Å²) in [6.45, 7) is 4.34. The van der Waals surface area contributed by atoms with Crippen molar-refractivity contribution in [2.75, 3.05) is 34.4 Å². The van der Waals surface area contributed by atoms with Crippen LogP contribution in [0.4, 0.5) is 0 Å². The molecule has 1 N–H and O–H groups in total. The summed E-state index contributed by atoms with van der Waals surface area (Å²) in [6.07, 6.45) is 3.01. The van der Waals surface area contributed by atoms with Gasteiger partial charge in [0.15, 0.2) is 23.0 Å². The van der Waals surface area contributed by atoms with Gasteiger partial charge in [-0.2, -0.15) is 0 Å². The number of hydrogen-bond acceptors (Lipinski definition) is 5. The lowest BCUT2D eigenvalue weighted by Crippen LogP contribution is -2.39. The first-order valence-corrected chi connectivity index (χ1v) is 9.55. The molecular formula is C22H28ClNO4. The van der Waals surface area contributed by atoms with Gasteiger partial charge in [0.05, 0.1) is 21.3 Å². The van der Waals surface area contributed by atoms with E-state index in [4.69, 9.17) is 14.2 Å². The maximum atomic E-state index is 10.4. The number of ether oxygens (including phenoxy) is 3. The van der Waals surface area contributed by atoms with Crippen LogP contribution in [0.25, 0.3) is 11.1 Å². The summed E-state index contributed by atoms with van der Waals surface area (Å²) < 4.78 is 17.1. The largest absolute Gasteiger partial charge is 0.504 e. The van der Waals surface area contributed by atoms with E-state index >= 15 is 0 Å². The summed E-state index contributed by atoms with van der Waals surface area (Å²) in [4.78, 5) is 2.57. The van der Waals surface area contributed by atoms with Crippen molar-refractivity contribution in [1.29, 1.82) is 0 Å². The highest BCUT2D eigenvalue weighted by Gasteiger charge is 2.39. The van der Waals surface area contributed by atoms with Crippen LogP contribution in [0.3, 0.4) is 0 Å². The molecule has 4 rings (SSSR count). The van der Waals surface area contributed by atoms with Crippen LogP contribution in [-0.4, -0.2) is 44.4 Å². The van der Waals surface area contributed by atoms with E-state index in [1.54, 1.807) is 27.4 Å². The van der Waals surface area contributed by atoms with Gasteiger partial charge in [-0.1, -0.05) is 13.0 Å². The third-order valence-electron chi connectivity index (χ3n) is 5.84. The van der Waals surface area contributed by atoms with Gasteiger partial charge in [-0.15, -0.1) is 12.4 Å². The third kappa shape index (κ3) is 2.97. The number of rotatable bonds is 5. The normalized spacial score (nSPS) is 17.2. The molecule has 5 nitrogen and oxygen atoms in total. The number of halogens is 1. The van der Waals surface area contributed by atoms with Gasteiger partial charge in [0.2, 0.25) is 0 Å². The molecule has 0 radical (unpaired) electrons. The molecule has 0 saturated heterocycles. The molecule has 1 aliphatic heterocycles. The van der Waals surface area contributed by atoms with Crippen molar-refractivity contribution in [2.45, 2.75) is 32.2 Å². The average Bonchev–Trinajstić information content (AvgIpc) is 2.69. The predicted octanol–water partition coefficient (Wildman–Crippen LogP) is 4.37. The molecule has 2 aromatic carbocycles. The molecule has 1 aliphatic carbocycles. The minimum atomic E-state index is 0. The Hall–Kier alpha value is -2.11. The molecule has 6 heteroatoms. The first kappa shape index (κ1) is 20.6. The Morgan fingerprint density at radius 2 is 1.79 bits per heavy atom. The lowest BCUT2D eigenvalue weighted by molar-refractivity contribution is 0.182. The number of fused-ring (bicyclic) bond motifs is 2. The Morgan fingerprint density at radius 1 is 1.04 bits per heavy atom. The number of phenols is 1. The average molecular weight is 406 g/mol. The van der Waals surface area contributed by atoms with E-state index < -0.39 is 0 Å². The first-order valence-electron chi connectivity index (χ1n) is 9.55. The SMILES string of the molecule is CCCN1CCc2cc(OC)c(OC)c3c2[C@@H]1Cc1ccc(O)c(OC)c1-3.Cl. The van der Waals surface area contributed by atoms with E-state index in [9.17, 15) is 5.11 Å². The Balaban J connectivity index is 0.00000225. The predicted molar refractivity (Wildman–Crippen MR) is 112 cm³/mol. The third-order valence-corrected chi connectivity index (χ3v) is 5.84. The number of phenolic OH excluding ortho intramolecular Hbond substituents is 1. The topological polar surface area (TPSA) is 51.2 Å². The van der Waals surface area contributed by atoms with Gasteiger partial charge in [0, 0.05) is 23.7 Å². The van der Waals surface area contributed by atoms with Gasteiger partial charge in [0.25, 0.3) is 0 Å². The highest BCUT2D eigenvalue weighted by atomic mass is 35.5. The first-order chi connectivity index (χ1) is 13.1. The van der Waals surface area contributed by atoms with Crippen molar-refractivity contribution in [2.24, 2.45) is 0 Å². The quantitative estimate of drug-likeness (QED) is 0.800. The van der Waals surface area contributed by atoms with Gasteiger partial charge in [-0.3, -0.25) is 4.90 Å². The molecule has 1 atom stereocenters. The molecule has 0 bridgehead atoms. The second-order valence-electron chi connectivity index (χ2n) is 7.22. The second-order valence-corrected chi connectivity index (χ2v) is 7.22. The lowest BCUT2D eigenvalue weighted by Gasteiger charge is -2.42. The maximum absolute atomic E-state index is 10.4. The van der Waals surface area contributed by atoms with Crippen molar-refractivity contribution in [3.8, 4) is 34.1 Å². The monoisotopic (exact) mass is 405 g/mol. The van der Waals surface area contributed by atoms with Gasteiger partial charge in [0.1, 0.15) is 0 Å². The van der Waals surface area contributed by atoms with Crippen LogP contribution in [0, 0.1) is 0 Å². The maximum Gasteiger partial charge on any atom is 0.169 e. The van der Waals surface area contributed by atoms with Crippen molar-refractivity contribution in [3.05, 3.63) is 34.9 Å². The zero-order chi connectivity index (χ0) is 19.1. The minimum absolute atomic E-state index is 0. The van der Waals surface area contributed by atoms with Gasteiger partial charge >= 0.3 is 0 Å². The Kier molecular flexibility index (Phi) is 5.96. The van der Waals surface area contributed by atoms with Crippen molar-refractivity contribution < 1.29 is 19.3 Å². The van der Waals surface area contributed by atoms with Crippen LogP contribution in [0.2, 0.25) is 0 Å². The highest BCUT2D eigenvalue weighted by molar-refractivity contribution is 5.88. The van der Waals surface area contributed by atoms with Crippen LogP contribution in [0.1, 0.15) is 36.1 Å². The van der Waals surface area contributed by atoms with Crippen LogP contribution in [0.5, 0.6) is 23.0 Å². The van der Waals surface area contributed by atoms with Gasteiger partial charge in [-0.05, 0) is 54.6 Å². The van der Waals surface area contributed by atoms with Gasteiger partial charge < -0.3 is 19.3 Å². The Morgan fingerprint density at radius 3 is 2.43 bits per heavy atom. The summed E-state index contributed by atoms with van der Waals surface area (Å²) in [5.74, 6) is 2.10. The standard InChI is InChI=1S/C22H27NO4.ClH/c1-5-9-23-10-8-14-12-17(25-2)22(27-4)20-18(14)15(23)11-13-6-7-16(24)21(26-3)19(13)20;/h6-7,12,15,24H,5,8-11H2,1-4H3;1H/t15-;/m0./s1. The summed E-state index contributed by atoms with van der Waals surface area (Å²) in [7, 11) is 4.94. The van der Waals surface area contributed by atoms with Crippen LogP contribution >= 0.6 is 12.4 Å². The number of benzene rings is 2. The molecule has 2 aromatic rings. The summed E-state index contributed by atoms with van der Waals surface area (Å²) in [5, 5.41) is 10.4. The molecule has 0 spiro atoms. The molecule has 0 aromatic heterocycles. The van der Waals surface area contributed by atoms with E-state index in [1.165, 1.54) is 16.7 Å². The summed E-state index contributed by atoms with van der Waals surface area (Å²) >= 11 is 0. The number of nitrogens with zero attached hydrogens (tertiary/aromatic N) is 1. The molecule has 1 heterocycles. The summed E-state index contributed by atoms with van der Waals surface area (Å²) in [5.41, 5.74) is 5.70. The fourth-order valence-corrected chi connectivity index (χ4v) is 4.76. The zero-order valence-electron chi connectivity index (χ0n) is 16.9. The number of hydrogen-bond donors (Lipinski definition) is 1. The lowest BCUT2D eigenvalue weighted by atomic mass is 9.76. The van der Waals surface area contributed by atoms with Crippen molar-refractivity contribution in [3.63, 3.8) is 0 Å². The Bertz CT molecular complexity index is 884.